The van der Waals surface area contributed by atoms with Crippen molar-refractivity contribution >= 4 is 39.1 Å². The first-order valence-electron chi connectivity index (χ1n) is 16.7. The van der Waals surface area contributed by atoms with Gasteiger partial charge in [-0.15, -0.1) is 0 Å². The van der Waals surface area contributed by atoms with Crippen molar-refractivity contribution in [1.82, 2.24) is 24.5 Å². The Labute approximate surface area is 288 Å². The molecule has 0 spiro atoms. The molecule has 0 saturated heterocycles. The molecule has 0 atom stereocenters. The van der Waals surface area contributed by atoms with Gasteiger partial charge in [0.05, 0.1) is 28.1 Å². The molecule has 50 heavy (non-hydrogen) atoms. The maximum atomic E-state index is 5.38. The Kier molecular flexibility index (Phi) is 6.39. The summed E-state index contributed by atoms with van der Waals surface area (Å²) in [4.78, 5) is 23.1. The van der Waals surface area contributed by atoms with Crippen LogP contribution in [0.2, 0.25) is 0 Å². The van der Waals surface area contributed by atoms with E-state index in [-0.39, 0.29) is 0 Å². The van der Waals surface area contributed by atoms with E-state index in [9.17, 15) is 0 Å². The second-order valence-corrected chi connectivity index (χ2v) is 12.3. The number of imidazole rings is 1. The second kappa shape index (κ2) is 11.4. The van der Waals surface area contributed by atoms with Crippen LogP contribution in [-0.4, -0.2) is 24.5 Å². The van der Waals surface area contributed by atoms with Gasteiger partial charge in [-0.05, 0) is 35.7 Å². The molecule has 0 aliphatic carbocycles. The lowest BCUT2D eigenvalue weighted by molar-refractivity contribution is 1.05. The minimum absolute atomic E-state index is 0.584. The number of nitrogens with zero attached hydrogens (tertiary/aromatic N) is 6. The summed E-state index contributed by atoms with van der Waals surface area (Å²) in [6, 6.07) is 58.6. The van der Waals surface area contributed by atoms with E-state index in [1.165, 1.54) is 0 Å². The zero-order valence-corrected chi connectivity index (χ0v) is 26.8. The second-order valence-electron chi connectivity index (χ2n) is 12.3. The molecular formula is C44H28N6. The van der Waals surface area contributed by atoms with Crippen molar-refractivity contribution in [3.8, 4) is 51.0 Å². The molecule has 1 aliphatic rings. The highest BCUT2D eigenvalue weighted by atomic mass is 15.3. The average Bonchev–Trinajstić information content (AvgIpc) is 3.52. The van der Waals surface area contributed by atoms with Gasteiger partial charge in [-0.3, -0.25) is 9.47 Å². The van der Waals surface area contributed by atoms with Gasteiger partial charge in [-0.1, -0.05) is 140 Å². The van der Waals surface area contributed by atoms with Crippen LogP contribution in [0.4, 0.5) is 17.3 Å². The average molecular weight is 641 g/mol. The summed E-state index contributed by atoms with van der Waals surface area (Å²) in [5.74, 6) is 2.61. The van der Waals surface area contributed by atoms with E-state index in [1.807, 2.05) is 66.7 Å². The van der Waals surface area contributed by atoms with E-state index in [1.54, 1.807) is 0 Å². The summed E-state index contributed by atoms with van der Waals surface area (Å²) >= 11 is 0. The number of rotatable bonds is 4. The summed E-state index contributed by atoms with van der Waals surface area (Å²) in [6.45, 7) is 0. The van der Waals surface area contributed by atoms with Crippen molar-refractivity contribution in [2.45, 2.75) is 0 Å². The monoisotopic (exact) mass is 640 g/mol. The smallest absolute Gasteiger partial charge is 0.220 e. The molecule has 0 N–H and O–H groups in total. The first-order valence-corrected chi connectivity index (χ1v) is 16.7. The van der Waals surface area contributed by atoms with Gasteiger partial charge in [0.1, 0.15) is 0 Å². The van der Waals surface area contributed by atoms with Crippen LogP contribution in [0.5, 0.6) is 0 Å². The van der Waals surface area contributed by atoms with Crippen LogP contribution in [0.1, 0.15) is 0 Å². The molecule has 0 amide bonds. The van der Waals surface area contributed by atoms with Crippen molar-refractivity contribution in [3.05, 3.63) is 170 Å². The summed E-state index contributed by atoms with van der Waals surface area (Å²) in [6.07, 6.45) is 0. The molecule has 2 aromatic heterocycles. The Bertz CT molecular complexity index is 2660. The van der Waals surface area contributed by atoms with Crippen LogP contribution < -0.4 is 4.90 Å². The normalized spacial score (nSPS) is 12.0. The minimum Gasteiger partial charge on any atom is -0.278 e. The van der Waals surface area contributed by atoms with Gasteiger partial charge in [0.15, 0.2) is 17.5 Å². The predicted molar refractivity (Wildman–Crippen MR) is 202 cm³/mol. The lowest BCUT2D eigenvalue weighted by Crippen LogP contribution is -2.16. The summed E-state index contributed by atoms with van der Waals surface area (Å²) in [7, 11) is 0. The van der Waals surface area contributed by atoms with Crippen molar-refractivity contribution in [1.29, 1.82) is 0 Å². The molecule has 7 aromatic carbocycles. The standard InChI is InChI=1S/C44H28N6/c1-3-16-30(17-4-1)41-46-42(31-18-5-2-6-19-31)48-43(47-41)35-28-27-29-15-7-8-20-32(29)40(35)50-38-25-13-10-22-34(38)33-21-9-12-24-37(33)49-39-26-14-11-23-36(39)45-44(49)50/h1-28H. The van der Waals surface area contributed by atoms with E-state index in [0.29, 0.717) is 17.5 Å². The minimum atomic E-state index is 0.584. The molecule has 234 valence electrons. The van der Waals surface area contributed by atoms with Gasteiger partial charge in [-0.25, -0.2) is 19.9 Å². The number of fused-ring (bicyclic) bond motifs is 8. The third-order valence-corrected chi connectivity index (χ3v) is 9.39. The van der Waals surface area contributed by atoms with E-state index in [0.717, 1.165) is 72.6 Å². The number of aromatic nitrogens is 5. The molecule has 1 aliphatic heterocycles. The molecule has 0 bridgehead atoms. The molecule has 6 heteroatoms. The van der Waals surface area contributed by atoms with E-state index < -0.39 is 0 Å². The maximum Gasteiger partial charge on any atom is 0.220 e. The first-order chi connectivity index (χ1) is 24.8. The molecule has 10 rings (SSSR count). The number of hydrogen-bond donors (Lipinski definition) is 0. The first kappa shape index (κ1) is 28.1. The fraction of sp³-hybridized carbons (Fsp3) is 0. The van der Waals surface area contributed by atoms with Crippen molar-refractivity contribution in [2.75, 3.05) is 4.90 Å². The highest BCUT2D eigenvalue weighted by Gasteiger charge is 2.32. The molecule has 9 aromatic rings. The Morgan fingerprint density at radius 1 is 0.380 bits per heavy atom. The van der Waals surface area contributed by atoms with Crippen LogP contribution >= 0.6 is 0 Å². The Balaban J connectivity index is 1.34. The van der Waals surface area contributed by atoms with Crippen LogP contribution in [0, 0.1) is 0 Å². The number of benzene rings is 7. The van der Waals surface area contributed by atoms with Crippen LogP contribution in [0.15, 0.2) is 170 Å². The summed E-state index contributed by atoms with van der Waals surface area (Å²) < 4.78 is 2.29. The van der Waals surface area contributed by atoms with Gasteiger partial charge >= 0.3 is 0 Å². The highest BCUT2D eigenvalue weighted by Crippen LogP contribution is 2.51. The lowest BCUT2D eigenvalue weighted by atomic mass is 9.98. The van der Waals surface area contributed by atoms with Gasteiger partial charge in [0, 0.05) is 33.2 Å². The third-order valence-electron chi connectivity index (χ3n) is 9.39. The molecule has 6 nitrogen and oxygen atoms in total. The molecule has 3 heterocycles. The quantitative estimate of drug-likeness (QED) is 0.192. The van der Waals surface area contributed by atoms with E-state index in [2.05, 4.69) is 113 Å². The lowest BCUT2D eigenvalue weighted by Gasteiger charge is -2.28. The Hall–Kier alpha value is -6.92. The van der Waals surface area contributed by atoms with Gasteiger partial charge in [0.2, 0.25) is 5.95 Å². The molecular weight excluding hydrogens is 613 g/mol. The third kappa shape index (κ3) is 4.43. The topological polar surface area (TPSA) is 59.7 Å². The maximum absolute atomic E-state index is 5.38. The molecule has 0 radical (unpaired) electrons. The van der Waals surface area contributed by atoms with Crippen molar-refractivity contribution < 1.29 is 0 Å². The van der Waals surface area contributed by atoms with Crippen LogP contribution in [-0.2, 0) is 0 Å². The summed E-state index contributed by atoms with van der Waals surface area (Å²) in [5.41, 5.74) is 9.97. The van der Waals surface area contributed by atoms with E-state index >= 15 is 0 Å². The SMILES string of the molecule is c1ccc(-c2nc(-c3ccccc3)nc(-c3ccc4ccccc4c3N3c4ccccc4-c4ccccc4-n4c3nc3ccccc34)n2)cc1. The van der Waals surface area contributed by atoms with E-state index in [4.69, 9.17) is 19.9 Å². The van der Waals surface area contributed by atoms with Crippen LogP contribution in [0.3, 0.4) is 0 Å². The van der Waals surface area contributed by atoms with Gasteiger partial charge in [0.25, 0.3) is 0 Å². The highest BCUT2D eigenvalue weighted by molar-refractivity contribution is 6.08. The Morgan fingerprint density at radius 2 is 0.940 bits per heavy atom. The Morgan fingerprint density at radius 3 is 1.68 bits per heavy atom. The number of para-hydroxylation sites is 4. The molecule has 0 unspecified atom stereocenters. The largest absolute Gasteiger partial charge is 0.278 e. The summed E-state index contributed by atoms with van der Waals surface area (Å²) in [5, 5.41) is 2.17. The fourth-order valence-corrected chi connectivity index (χ4v) is 7.13. The van der Waals surface area contributed by atoms with Crippen molar-refractivity contribution in [3.63, 3.8) is 0 Å². The number of anilines is 3. The number of hydrogen-bond acceptors (Lipinski definition) is 5. The predicted octanol–water partition coefficient (Wildman–Crippen LogP) is 10.8. The van der Waals surface area contributed by atoms with Gasteiger partial charge in [-0.2, -0.15) is 0 Å². The zero-order chi connectivity index (χ0) is 33.0. The molecule has 0 saturated carbocycles. The molecule has 0 fully saturated rings. The van der Waals surface area contributed by atoms with Crippen LogP contribution in [0.25, 0.3) is 72.8 Å². The van der Waals surface area contributed by atoms with Crippen molar-refractivity contribution in [2.24, 2.45) is 0 Å². The zero-order valence-electron chi connectivity index (χ0n) is 26.8. The fourth-order valence-electron chi connectivity index (χ4n) is 7.13. The van der Waals surface area contributed by atoms with Gasteiger partial charge < -0.3 is 0 Å².